The van der Waals surface area contributed by atoms with E-state index in [-0.39, 0.29) is 27.6 Å². The number of rotatable bonds is 4. The van der Waals surface area contributed by atoms with Gasteiger partial charge >= 0.3 is 5.97 Å². The number of ether oxygens (including phenoxy) is 2. The minimum absolute atomic E-state index is 0.0380. The molecule has 0 aromatic heterocycles. The number of halogens is 2. The Hall–Kier alpha value is -2.04. The molecule has 0 aliphatic heterocycles. The lowest BCUT2D eigenvalue weighted by atomic mass is 10.2. The van der Waals surface area contributed by atoms with E-state index in [9.17, 15) is 9.59 Å². The minimum Gasteiger partial charge on any atom is -0.493 e. The first kappa shape index (κ1) is 15.4. The molecular formula is C15H10Cl2O4. The second kappa shape index (κ2) is 6.61. The predicted octanol–water partition coefficient (Wildman–Crippen LogP) is 4.03. The third-order valence-electron chi connectivity index (χ3n) is 2.70. The summed E-state index contributed by atoms with van der Waals surface area (Å²) < 4.78 is 10.3. The number of esters is 1. The molecule has 0 radical (unpaired) electrons. The highest BCUT2D eigenvalue weighted by atomic mass is 35.5. The Morgan fingerprint density at radius 3 is 2.62 bits per heavy atom. The van der Waals surface area contributed by atoms with Crippen LogP contribution in [-0.2, 0) is 0 Å². The van der Waals surface area contributed by atoms with E-state index in [1.165, 1.54) is 25.3 Å². The third kappa shape index (κ3) is 3.35. The fraction of sp³-hybridized carbons (Fsp3) is 0.0667. The molecule has 4 nitrogen and oxygen atoms in total. The molecule has 0 bridgehead atoms. The molecule has 0 saturated heterocycles. The molecule has 0 heterocycles. The zero-order chi connectivity index (χ0) is 15.4. The normalized spacial score (nSPS) is 10.0. The van der Waals surface area contributed by atoms with E-state index >= 15 is 0 Å². The van der Waals surface area contributed by atoms with Gasteiger partial charge in [0.15, 0.2) is 17.8 Å². The zero-order valence-corrected chi connectivity index (χ0v) is 12.4. The lowest BCUT2D eigenvalue weighted by Crippen LogP contribution is -2.11. The van der Waals surface area contributed by atoms with E-state index in [4.69, 9.17) is 32.7 Å². The third-order valence-corrected chi connectivity index (χ3v) is 3.26. The second-order valence-corrected chi connectivity index (χ2v) is 4.85. The first-order chi connectivity index (χ1) is 10.1. The van der Waals surface area contributed by atoms with Gasteiger partial charge in [-0.05, 0) is 30.3 Å². The van der Waals surface area contributed by atoms with Crippen molar-refractivity contribution in [1.82, 2.24) is 0 Å². The van der Waals surface area contributed by atoms with Crippen LogP contribution in [0.25, 0.3) is 0 Å². The maximum Gasteiger partial charge on any atom is 0.345 e. The fourth-order valence-electron chi connectivity index (χ4n) is 1.70. The van der Waals surface area contributed by atoms with Gasteiger partial charge in [0.2, 0.25) is 0 Å². The standard InChI is InChI=1S/C15H10Cl2O4/c1-20-13-4-2-3-9(8-18)14(13)21-15(19)11-7-10(16)5-6-12(11)17/h2-8H,1H3. The summed E-state index contributed by atoms with van der Waals surface area (Å²) in [5, 5.41) is 0.550. The van der Waals surface area contributed by atoms with Gasteiger partial charge in [0.05, 0.1) is 23.3 Å². The molecule has 0 aliphatic carbocycles. The number of hydrogen-bond donors (Lipinski definition) is 0. The molecule has 0 spiro atoms. The van der Waals surface area contributed by atoms with Gasteiger partial charge in [0, 0.05) is 5.02 Å². The smallest absolute Gasteiger partial charge is 0.345 e. The van der Waals surface area contributed by atoms with Crippen LogP contribution >= 0.6 is 23.2 Å². The minimum atomic E-state index is -0.727. The van der Waals surface area contributed by atoms with Gasteiger partial charge in [-0.25, -0.2) is 4.79 Å². The van der Waals surface area contributed by atoms with Crippen LogP contribution in [0.3, 0.4) is 0 Å². The van der Waals surface area contributed by atoms with Crippen LogP contribution in [0.15, 0.2) is 36.4 Å². The molecule has 0 amide bonds. The maximum atomic E-state index is 12.2. The average molecular weight is 325 g/mol. The summed E-state index contributed by atoms with van der Waals surface area (Å²) in [5.74, 6) is -0.419. The Labute approximate surface area is 131 Å². The van der Waals surface area contributed by atoms with E-state index in [1.54, 1.807) is 18.2 Å². The summed E-state index contributed by atoms with van der Waals surface area (Å²) in [6.45, 7) is 0. The average Bonchev–Trinajstić information content (AvgIpc) is 2.49. The number of methoxy groups -OCH3 is 1. The highest BCUT2D eigenvalue weighted by Crippen LogP contribution is 2.31. The van der Waals surface area contributed by atoms with Crippen LogP contribution in [0.1, 0.15) is 20.7 Å². The Balaban J connectivity index is 2.40. The summed E-state index contributed by atoms with van der Waals surface area (Å²) in [7, 11) is 1.41. The first-order valence-corrected chi connectivity index (χ1v) is 6.62. The molecule has 0 unspecified atom stereocenters. The Bertz CT molecular complexity index is 698. The van der Waals surface area contributed by atoms with Crippen molar-refractivity contribution in [2.45, 2.75) is 0 Å². The molecule has 108 valence electrons. The van der Waals surface area contributed by atoms with Crippen molar-refractivity contribution in [1.29, 1.82) is 0 Å². The summed E-state index contributed by atoms with van der Waals surface area (Å²) in [5.41, 5.74) is 0.299. The fourth-order valence-corrected chi connectivity index (χ4v) is 2.06. The Morgan fingerprint density at radius 2 is 1.95 bits per heavy atom. The van der Waals surface area contributed by atoms with E-state index in [1.807, 2.05) is 0 Å². The van der Waals surface area contributed by atoms with Gasteiger partial charge in [0.1, 0.15) is 0 Å². The van der Waals surface area contributed by atoms with E-state index in [0.29, 0.717) is 11.3 Å². The Morgan fingerprint density at radius 1 is 1.19 bits per heavy atom. The Kier molecular flexibility index (Phi) is 4.83. The molecule has 2 aromatic rings. The summed E-state index contributed by atoms with van der Waals surface area (Å²) >= 11 is 11.8. The van der Waals surface area contributed by atoms with E-state index in [0.717, 1.165) is 0 Å². The van der Waals surface area contributed by atoms with Crippen molar-refractivity contribution in [3.63, 3.8) is 0 Å². The molecule has 0 saturated carbocycles. The number of benzene rings is 2. The highest BCUT2D eigenvalue weighted by molar-refractivity contribution is 6.35. The summed E-state index contributed by atoms with van der Waals surface area (Å²) in [6, 6.07) is 9.14. The van der Waals surface area contributed by atoms with Crippen LogP contribution in [0.5, 0.6) is 11.5 Å². The van der Waals surface area contributed by atoms with Crippen molar-refractivity contribution in [3.05, 3.63) is 57.6 Å². The van der Waals surface area contributed by atoms with E-state index in [2.05, 4.69) is 0 Å². The topological polar surface area (TPSA) is 52.6 Å². The SMILES string of the molecule is COc1cccc(C=O)c1OC(=O)c1cc(Cl)ccc1Cl. The van der Waals surface area contributed by atoms with Gasteiger partial charge in [-0.2, -0.15) is 0 Å². The quantitative estimate of drug-likeness (QED) is 0.484. The number of para-hydroxylation sites is 1. The number of aldehydes is 1. The van der Waals surface area contributed by atoms with Crippen molar-refractivity contribution in [2.75, 3.05) is 7.11 Å². The second-order valence-electron chi connectivity index (χ2n) is 4.01. The van der Waals surface area contributed by atoms with Crippen LogP contribution in [0.2, 0.25) is 10.0 Å². The predicted molar refractivity (Wildman–Crippen MR) is 79.8 cm³/mol. The van der Waals surface area contributed by atoms with Gasteiger partial charge < -0.3 is 9.47 Å². The molecule has 0 atom stereocenters. The van der Waals surface area contributed by atoms with Crippen molar-refractivity contribution in [3.8, 4) is 11.5 Å². The molecule has 0 aliphatic rings. The monoisotopic (exact) mass is 324 g/mol. The van der Waals surface area contributed by atoms with Gasteiger partial charge in [-0.15, -0.1) is 0 Å². The van der Waals surface area contributed by atoms with Crippen LogP contribution in [-0.4, -0.2) is 19.4 Å². The van der Waals surface area contributed by atoms with Gasteiger partial charge in [-0.3, -0.25) is 4.79 Å². The molecular weight excluding hydrogens is 315 g/mol. The maximum absolute atomic E-state index is 12.2. The molecule has 21 heavy (non-hydrogen) atoms. The summed E-state index contributed by atoms with van der Waals surface area (Å²) in [4.78, 5) is 23.2. The molecule has 2 aromatic carbocycles. The van der Waals surface area contributed by atoms with Crippen molar-refractivity contribution in [2.24, 2.45) is 0 Å². The highest BCUT2D eigenvalue weighted by Gasteiger charge is 2.18. The first-order valence-electron chi connectivity index (χ1n) is 5.86. The largest absolute Gasteiger partial charge is 0.493 e. The van der Waals surface area contributed by atoms with Gasteiger partial charge in [0.25, 0.3) is 0 Å². The lowest BCUT2D eigenvalue weighted by molar-refractivity contribution is 0.0728. The van der Waals surface area contributed by atoms with Crippen molar-refractivity contribution >= 4 is 35.5 Å². The molecule has 6 heteroatoms. The molecule has 2 rings (SSSR count). The zero-order valence-electron chi connectivity index (χ0n) is 10.9. The number of carbonyl (C=O) groups is 2. The molecule has 0 N–H and O–H groups in total. The number of hydrogen-bond acceptors (Lipinski definition) is 4. The lowest BCUT2D eigenvalue weighted by Gasteiger charge is -2.11. The van der Waals surface area contributed by atoms with Gasteiger partial charge in [-0.1, -0.05) is 29.3 Å². The van der Waals surface area contributed by atoms with Crippen molar-refractivity contribution < 1.29 is 19.1 Å². The number of carbonyl (C=O) groups excluding carboxylic acids is 2. The molecule has 0 fully saturated rings. The van der Waals surface area contributed by atoms with E-state index < -0.39 is 5.97 Å². The van der Waals surface area contributed by atoms with Crippen LogP contribution < -0.4 is 9.47 Å². The van der Waals surface area contributed by atoms with Crippen LogP contribution in [0.4, 0.5) is 0 Å². The summed E-state index contributed by atoms with van der Waals surface area (Å²) in [6.07, 6.45) is 0.574. The van der Waals surface area contributed by atoms with Crippen LogP contribution in [0, 0.1) is 0 Å².